The third-order valence-electron chi connectivity index (χ3n) is 1.60. The van der Waals surface area contributed by atoms with Crippen LogP contribution in [0.2, 0.25) is 0 Å². The standard InChI is InChI=1S/C7H12N2O/c1-6-4-9(8(2)3)5-7(6)10/h4H,5H2,1-3H3. The third kappa shape index (κ3) is 1.19. The molecule has 0 atom stereocenters. The number of hydrazine groups is 1. The Morgan fingerprint density at radius 2 is 2.20 bits per heavy atom. The molecule has 1 rings (SSSR count). The first-order valence-electron chi connectivity index (χ1n) is 3.27. The van der Waals surface area contributed by atoms with E-state index in [9.17, 15) is 4.79 Å². The molecule has 0 saturated carbocycles. The summed E-state index contributed by atoms with van der Waals surface area (Å²) in [5.41, 5.74) is 0.841. The highest BCUT2D eigenvalue weighted by molar-refractivity contribution is 5.98. The molecule has 1 aliphatic heterocycles. The molecular weight excluding hydrogens is 128 g/mol. The van der Waals surface area contributed by atoms with Gasteiger partial charge in [-0.3, -0.25) is 4.79 Å². The van der Waals surface area contributed by atoms with E-state index >= 15 is 0 Å². The molecule has 0 N–H and O–H groups in total. The van der Waals surface area contributed by atoms with Crippen molar-refractivity contribution in [2.24, 2.45) is 0 Å². The average molecular weight is 140 g/mol. The molecule has 0 fully saturated rings. The van der Waals surface area contributed by atoms with Gasteiger partial charge in [-0.05, 0) is 6.92 Å². The van der Waals surface area contributed by atoms with Gasteiger partial charge in [0.2, 0.25) is 0 Å². The number of carbonyl (C=O) groups is 1. The van der Waals surface area contributed by atoms with Crippen molar-refractivity contribution in [3.05, 3.63) is 11.8 Å². The van der Waals surface area contributed by atoms with E-state index in [0.29, 0.717) is 6.54 Å². The van der Waals surface area contributed by atoms with E-state index in [1.165, 1.54) is 0 Å². The SMILES string of the molecule is CC1=CN(N(C)C)CC1=O. The zero-order chi connectivity index (χ0) is 7.72. The van der Waals surface area contributed by atoms with Gasteiger partial charge in [0.05, 0.1) is 6.54 Å². The molecule has 0 saturated heterocycles. The maximum absolute atomic E-state index is 11.0. The second kappa shape index (κ2) is 2.42. The Kier molecular flexibility index (Phi) is 1.76. The molecule has 3 heteroatoms. The van der Waals surface area contributed by atoms with Gasteiger partial charge < -0.3 is 5.01 Å². The summed E-state index contributed by atoms with van der Waals surface area (Å²) in [7, 11) is 3.84. The number of ketones is 1. The van der Waals surface area contributed by atoms with Gasteiger partial charge in [-0.2, -0.15) is 0 Å². The summed E-state index contributed by atoms with van der Waals surface area (Å²) in [5, 5.41) is 3.78. The van der Waals surface area contributed by atoms with Crippen LogP contribution in [0.1, 0.15) is 6.92 Å². The van der Waals surface area contributed by atoms with Gasteiger partial charge in [-0.25, -0.2) is 5.01 Å². The lowest BCUT2D eigenvalue weighted by Gasteiger charge is -2.22. The fraction of sp³-hybridized carbons (Fsp3) is 0.571. The molecule has 0 aliphatic carbocycles. The van der Waals surface area contributed by atoms with E-state index in [2.05, 4.69) is 0 Å². The average Bonchev–Trinajstić information content (AvgIpc) is 2.13. The third-order valence-corrected chi connectivity index (χ3v) is 1.60. The monoisotopic (exact) mass is 140 g/mol. The van der Waals surface area contributed by atoms with Crippen molar-refractivity contribution in [1.82, 2.24) is 10.0 Å². The zero-order valence-corrected chi connectivity index (χ0v) is 6.59. The van der Waals surface area contributed by atoms with Gasteiger partial charge in [-0.1, -0.05) is 0 Å². The number of nitrogens with zero attached hydrogens (tertiary/aromatic N) is 2. The van der Waals surface area contributed by atoms with Gasteiger partial charge in [0.15, 0.2) is 5.78 Å². The van der Waals surface area contributed by atoms with Gasteiger partial charge in [0.25, 0.3) is 0 Å². The Bertz CT molecular complexity index is 184. The summed E-state index contributed by atoms with van der Waals surface area (Å²) >= 11 is 0. The quantitative estimate of drug-likeness (QED) is 0.521. The van der Waals surface area contributed by atoms with Gasteiger partial charge in [-0.15, -0.1) is 0 Å². The molecule has 1 heterocycles. The lowest BCUT2D eigenvalue weighted by Crippen LogP contribution is -2.32. The summed E-state index contributed by atoms with van der Waals surface area (Å²) in [5.74, 6) is 0.216. The fourth-order valence-electron chi connectivity index (χ4n) is 0.870. The number of Topliss-reactive ketones (excluding diaryl/α,β-unsaturated/α-hetero) is 1. The van der Waals surface area contributed by atoms with E-state index in [0.717, 1.165) is 5.57 Å². The van der Waals surface area contributed by atoms with Crippen molar-refractivity contribution in [3.63, 3.8) is 0 Å². The first-order chi connectivity index (χ1) is 4.61. The Morgan fingerprint density at radius 3 is 2.40 bits per heavy atom. The maximum Gasteiger partial charge on any atom is 0.180 e. The first kappa shape index (κ1) is 7.28. The predicted octanol–water partition coefficient (Wildman–Crippen LogP) is 0.252. The van der Waals surface area contributed by atoms with Gasteiger partial charge >= 0.3 is 0 Å². The highest BCUT2D eigenvalue weighted by Crippen LogP contribution is 2.09. The smallest absolute Gasteiger partial charge is 0.180 e. The minimum atomic E-state index is 0.216. The molecule has 56 valence electrons. The number of hydrogen-bond donors (Lipinski definition) is 0. The molecule has 10 heavy (non-hydrogen) atoms. The molecule has 0 amide bonds. The van der Waals surface area contributed by atoms with Crippen LogP contribution in [0.25, 0.3) is 0 Å². The maximum atomic E-state index is 11.0. The lowest BCUT2D eigenvalue weighted by molar-refractivity contribution is -0.116. The number of hydrogen-bond acceptors (Lipinski definition) is 3. The molecule has 0 bridgehead atoms. The van der Waals surface area contributed by atoms with Crippen LogP contribution in [0.4, 0.5) is 0 Å². The summed E-state index contributed by atoms with van der Waals surface area (Å²) < 4.78 is 0. The van der Waals surface area contributed by atoms with Crippen molar-refractivity contribution < 1.29 is 4.79 Å². The molecule has 0 aromatic rings. The van der Waals surface area contributed by atoms with Crippen molar-refractivity contribution >= 4 is 5.78 Å². The minimum Gasteiger partial charge on any atom is -0.305 e. The summed E-state index contributed by atoms with van der Waals surface area (Å²) in [6.07, 6.45) is 1.86. The molecule has 3 nitrogen and oxygen atoms in total. The number of carbonyl (C=O) groups excluding carboxylic acids is 1. The van der Waals surface area contributed by atoms with Crippen molar-refractivity contribution in [2.75, 3.05) is 20.6 Å². The highest BCUT2D eigenvalue weighted by Gasteiger charge is 2.18. The second-order valence-corrected chi connectivity index (χ2v) is 2.68. The van der Waals surface area contributed by atoms with Gasteiger partial charge in [0, 0.05) is 25.9 Å². The van der Waals surface area contributed by atoms with E-state index in [1.54, 1.807) is 0 Å². The predicted molar refractivity (Wildman–Crippen MR) is 39.2 cm³/mol. The van der Waals surface area contributed by atoms with Crippen molar-refractivity contribution in [2.45, 2.75) is 6.92 Å². The Hall–Kier alpha value is -0.830. The molecule has 0 aromatic carbocycles. The van der Waals surface area contributed by atoms with E-state index < -0.39 is 0 Å². The van der Waals surface area contributed by atoms with Crippen LogP contribution in [-0.4, -0.2) is 36.4 Å². The Morgan fingerprint density at radius 1 is 1.60 bits per heavy atom. The van der Waals surface area contributed by atoms with Crippen LogP contribution < -0.4 is 0 Å². The van der Waals surface area contributed by atoms with Gasteiger partial charge in [0.1, 0.15) is 0 Å². The molecular formula is C7H12N2O. The highest BCUT2D eigenvalue weighted by atomic mass is 16.1. The first-order valence-corrected chi connectivity index (χ1v) is 3.27. The van der Waals surface area contributed by atoms with E-state index in [1.807, 2.05) is 37.2 Å². The summed E-state index contributed by atoms with van der Waals surface area (Å²) in [6.45, 7) is 2.34. The van der Waals surface area contributed by atoms with Crippen LogP contribution in [0.5, 0.6) is 0 Å². The fourth-order valence-corrected chi connectivity index (χ4v) is 0.870. The van der Waals surface area contributed by atoms with Crippen LogP contribution in [0, 0.1) is 0 Å². The molecule has 0 spiro atoms. The Balaban J connectivity index is 2.65. The minimum absolute atomic E-state index is 0.216. The number of rotatable bonds is 1. The van der Waals surface area contributed by atoms with E-state index in [4.69, 9.17) is 0 Å². The molecule has 1 aliphatic rings. The summed E-state index contributed by atoms with van der Waals surface area (Å²) in [4.78, 5) is 11.0. The largest absolute Gasteiger partial charge is 0.305 e. The summed E-state index contributed by atoms with van der Waals surface area (Å²) in [6, 6.07) is 0. The molecule has 0 aromatic heterocycles. The normalized spacial score (nSPS) is 18.6. The van der Waals surface area contributed by atoms with Crippen LogP contribution in [0.3, 0.4) is 0 Å². The van der Waals surface area contributed by atoms with Crippen molar-refractivity contribution in [1.29, 1.82) is 0 Å². The topological polar surface area (TPSA) is 23.6 Å². The van der Waals surface area contributed by atoms with Crippen LogP contribution >= 0.6 is 0 Å². The van der Waals surface area contributed by atoms with Crippen molar-refractivity contribution in [3.8, 4) is 0 Å². The van der Waals surface area contributed by atoms with Crippen LogP contribution in [-0.2, 0) is 4.79 Å². The Labute approximate surface area is 60.9 Å². The molecule has 0 radical (unpaired) electrons. The zero-order valence-electron chi connectivity index (χ0n) is 6.59. The lowest BCUT2D eigenvalue weighted by atomic mass is 10.3. The van der Waals surface area contributed by atoms with Crippen LogP contribution in [0.15, 0.2) is 11.8 Å². The van der Waals surface area contributed by atoms with E-state index in [-0.39, 0.29) is 5.78 Å². The second-order valence-electron chi connectivity index (χ2n) is 2.68. The molecule has 0 unspecified atom stereocenters.